The van der Waals surface area contributed by atoms with Crippen LogP contribution >= 0.6 is 11.6 Å². The molecule has 0 spiro atoms. The predicted molar refractivity (Wildman–Crippen MR) is 101 cm³/mol. The van der Waals surface area contributed by atoms with Crippen LogP contribution in [0.1, 0.15) is 6.92 Å². The summed E-state index contributed by atoms with van der Waals surface area (Å²) in [6.45, 7) is 1.48. The molecule has 1 aromatic heterocycles. The topological polar surface area (TPSA) is 92.9 Å². The Morgan fingerprint density at radius 1 is 0.960 bits per heavy atom. The maximum absolute atomic E-state index is 11.1. The first-order chi connectivity index (χ1) is 12.0. The van der Waals surface area contributed by atoms with Crippen molar-refractivity contribution >= 4 is 40.6 Å². The van der Waals surface area contributed by atoms with Crippen LogP contribution in [-0.4, -0.2) is 15.9 Å². The Kier molecular flexibility index (Phi) is 4.81. The van der Waals surface area contributed by atoms with E-state index in [9.17, 15) is 4.79 Å². The maximum Gasteiger partial charge on any atom is 0.223 e. The van der Waals surface area contributed by atoms with E-state index >= 15 is 0 Å². The molecule has 126 valence electrons. The molecule has 0 radical (unpaired) electrons. The van der Waals surface area contributed by atoms with Crippen molar-refractivity contribution in [3.63, 3.8) is 0 Å². The molecule has 1 heterocycles. The third-order valence-corrected chi connectivity index (χ3v) is 3.60. The first-order valence-corrected chi connectivity index (χ1v) is 7.92. The third kappa shape index (κ3) is 4.45. The lowest BCUT2D eigenvalue weighted by atomic mass is 10.0. The van der Waals surface area contributed by atoms with Gasteiger partial charge in [0.25, 0.3) is 0 Å². The largest absolute Gasteiger partial charge is 0.368 e. The summed E-state index contributed by atoms with van der Waals surface area (Å²) in [5, 5.41) is 6.16. The van der Waals surface area contributed by atoms with E-state index in [0.717, 1.165) is 22.5 Å². The fourth-order valence-corrected chi connectivity index (χ4v) is 2.53. The highest BCUT2D eigenvalue weighted by molar-refractivity contribution is 6.29. The molecular formula is C18H16ClN5O. The number of nitrogens with two attached hydrogens (primary N) is 1. The molecule has 3 rings (SSSR count). The van der Waals surface area contributed by atoms with E-state index in [2.05, 4.69) is 20.6 Å². The zero-order valence-corrected chi connectivity index (χ0v) is 14.2. The second kappa shape index (κ2) is 7.19. The lowest BCUT2D eigenvalue weighted by molar-refractivity contribution is -0.114. The van der Waals surface area contributed by atoms with Gasteiger partial charge < -0.3 is 16.4 Å². The van der Waals surface area contributed by atoms with Gasteiger partial charge >= 0.3 is 0 Å². The van der Waals surface area contributed by atoms with Crippen LogP contribution in [0.2, 0.25) is 5.15 Å². The number of anilines is 4. The van der Waals surface area contributed by atoms with E-state index < -0.39 is 0 Å². The molecule has 0 aliphatic rings. The summed E-state index contributed by atoms with van der Waals surface area (Å²) < 4.78 is 0. The zero-order valence-electron chi connectivity index (χ0n) is 13.5. The second-order valence-corrected chi connectivity index (χ2v) is 5.78. The van der Waals surface area contributed by atoms with Crippen LogP contribution in [0.15, 0.2) is 54.6 Å². The third-order valence-electron chi connectivity index (χ3n) is 3.41. The Labute approximate surface area is 150 Å². The van der Waals surface area contributed by atoms with E-state index in [1.807, 2.05) is 48.5 Å². The Balaban J connectivity index is 1.74. The smallest absolute Gasteiger partial charge is 0.223 e. The Hall–Kier alpha value is -3.12. The minimum Gasteiger partial charge on any atom is -0.368 e. The summed E-state index contributed by atoms with van der Waals surface area (Å²) >= 11 is 5.87. The number of carbonyl (C=O) groups is 1. The van der Waals surface area contributed by atoms with E-state index in [1.54, 1.807) is 6.07 Å². The second-order valence-electron chi connectivity index (χ2n) is 5.39. The number of halogens is 1. The number of rotatable bonds is 4. The number of amides is 1. The molecule has 0 aliphatic heterocycles. The summed E-state index contributed by atoms with van der Waals surface area (Å²) in [6.07, 6.45) is 0. The molecule has 7 heteroatoms. The van der Waals surface area contributed by atoms with Crippen molar-refractivity contribution in [2.45, 2.75) is 6.92 Å². The van der Waals surface area contributed by atoms with Crippen molar-refractivity contribution in [1.29, 1.82) is 0 Å². The van der Waals surface area contributed by atoms with Gasteiger partial charge in [0.2, 0.25) is 11.9 Å². The molecule has 1 amide bonds. The van der Waals surface area contributed by atoms with Gasteiger partial charge in [0.15, 0.2) is 0 Å². The van der Waals surface area contributed by atoms with Crippen molar-refractivity contribution < 1.29 is 4.79 Å². The van der Waals surface area contributed by atoms with E-state index in [-0.39, 0.29) is 17.0 Å². The Morgan fingerprint density at radius 3 is 2.04 bits per heavy atom. The molecule has 2 aromatic carbocycles. The molecule has 0 fully saturated rings. The minimum absolute atomic E-state index is 0.0892. The van der Waals surface area contributed by atoms with E-state index in [1.165, 1.54) is 6.92 Å². The summed E-state index contributed by atoms with van der Waals surface area (Å²) in [6, 6.07) is 17.1. The van der Waals surface area contributed by atoms with Crippen LogP contribution in [0.4, 0.5) is 23.1 Å². The number of benzene rings is 2. The maximum atomic E-state index is 11.1. The van der Waals surface area contributed by atoms with Crippen LogP contribution in [0.3, 0.4) is 0 Å². The van der Waals surface area contributed by atoms with Crippen molar-refractivity contribution in [2.75, 3.05) is 16.4 Å². The molecule has 25 heavy (non-hydrogen) atoms. The molecule has 6 nitrogen and oxygen atoms in total. The van der Waals surface area contributed by atoms with Crippen LogP contribution in [0.5, 0.6) is 0 Å². The monoisotopic (exact) mass is 353 g/mol. The lowest BCUT2D eigenvalue weighted by Gasteiger charge is -2.08. The average Bonchev–Trinajstić information content (AvgIpc) is 2.55. The van der Waals surface area contributed by atoms with Crippen LogP contribution < -0.4 is 16.4 Å². The molecule has 0 atom stereocenters. The van der Waals surface area contributed by atoms with E-state index in [0.29, 0.717) is 5.82 Å². The van der Waals surface area contributed by atoms with Gasteiger partial charge in [-0.3, -0.25) is 4.79 Å². The van der Waals surface area contributed by atoms with Gasteiger partial charge in [-0.05, 0) is 35.4 Å². The van der Waals surface area contributed by atoms with Crippen molar-refractivity contribution in [1.82, 2.24) is 9.97 Å². The molecule has 0 aliphatic carbocycles. The van der Waals surface area contributed by atoms with Crippen molar-refractivity contribution in [3.8, 4) is 11.1 Å². The SMILES string of the molecule is CC(=O)Nc1ccc(-c2ccc(Nc3cc(Cl)nc(N)n3)cc2)cc1. The Morgan fingerprint density at radius 2 is 1.52 bits per heavy atom. The summed E-state index contributed by atoms with van der Waals surface area (Å²) in [7, 11) is 0. The van der Waals surface area contributed by atoms with Crippen LogP contribution in [0.25, 0.3) is 11.1 Å². The molecular weight excluding hydrogens is 338 g/mol. The quantitative estimate of drug-likeness (QED) is 0.614. The predicted octanol–water partition coefficient (Wildman–Crippen LogP) is 4.08. The highest BCUT2D eigenvalue weighted by atomic mass is 35.5. The highest BCUT2D eigenvalue weighted by Crippen LogP contribution is 2.25. The number of hydrogen-bond donors (Lipinski definition) is 3. The van der Waals surface area contributed by atoms with Gasteiger partial charge in [-0.1, -0.05) is 35.9 Å². The van der Waals surface area contributed by atoms with Crippen molar-refractivity contribution in [3.05, 3.63) is 59.8 Å². The van der Waals surface area contributed by atoms with Crippen molar-refractivity contribution in [2.24, 2.45) is 0 Å². The summed E-state index contributed by atoms with van der Waals surface area (Å²) in [5.74, 6) is 0.560. The van der Waals surface area contributed by atoms with Gasteiger partial charge in [-0.15, -0.1) is 0 Å². The summed E-state index contributed by atoms with van der Waals surface area (Å²) in [4.78, 5) is 19.0. The number of nitrogens with zero attached hydrogens (tertiary/aromatic N) is 2. The normalized spacial score (nSPS) is 10.3. The number of nitrogens with one attached hydrogen (secondary N) is 2. The molecule has 0 unspecified atom stereocenters. The van der Waals surface area contributed by atoms with Crippen LogP contribution in [0, 0.1) is 0 Å². The summed E-state index contributed by atoms with van der Waals surface area (Å²) in [5.41, 5.74) is 9.31. The zero-order chi connectivity index (χ0) is 17.8. The fraction of sp³-hybridized carbons (Fsp3) is 0.0556. The first kappa shape index (κ1) is 16.7. The Bertz CT molecular complexity index is 874. The average molecular weight is 354 g/mol. The lowest BCUT2D eigenvalue weighted by Crippen LogP contribution is -2.05. The minimum atomic E-state index is -0.0892. The van der Waals surface area contributed by atoms with E-state index in [4.69, 9.17) is 17.3 Å². The standard InChI is InChI=1S/C18H16ClN5O/c1-11(25)21-14-6-2-12(3-7-14)13-4-8-15(9-5-13)22-17-10-16(19)23-18(20)24-17/h2-10H,1H3,(H,21,25)(H3,20,22,23,24). The number of carbonyl (C=O) groups excluding carboxylic acids is 1. The molecule has 4 N–H and O–H groups in total. The number of hydrogen-bond acceptors (Lipinski definition) is 5. The number of aromatic nitrogens is 2. The van der Waals surface area contributed by atoms with Gasteiger partial charge in [-0.2, -0.15) is 4.98 Å². The first-order valence-electron chi connectivity index (χ1n) is 7.55. The molecule has 0 bridgehead atoms. The highest BCUT2D eigenvalue weighted by Gasteiger charge is 2.03. The molecule has 3 aromatic rings. The molecule has 0 saturated heterocycles. The molecule has 0 saturated carbocycles. The fourth-order valence-electron chi connectivity index (χ4n) is 2.34. The van der Waals surface area contributed by atoms with Gasteiger partial charge in [0.05, 0.1) is 0 Å². The van der Waals surface area contributed by atoms with Gasteiger partial charge in [-0.25, -0.2) is 4.98 Å². The van der Waals surface area contributed by atoms with Gasteiger partial charge in [0.1, 0.15) is 11.0 Å². The van der Waals surface area contributed by atoms with Crippen LogP contribution in [-0.2, 0) is 4.79 Å². The van der Waals surface area contributed by atoms with Gasteiger partial charge in [0, 0.05) is 24.4 Å². The number of nitrogen functional groups attached to an aromatic ring is 1.